The minimum atomic E-state index is -0.222. The number of hydrogen-bond acceptors (Lipinski definition) is 4. The minimum Gasteiger partial charge on any atom is -0.467 e. The Bertz CT molecular complexity index is 530. The van der Waals surface area contributed by atoms with Crippen LogP contribution in [0.1, 0.15) is 28.9 Å². The van der Waals surface area contributed by atoms with Gasteiger partial charge in [0.15, 0.2) is 5.69 Å². The third kappa shape index (κ3) is 2.22. The molecule has 0 radical (unpaired) electrons. The van der Waals surface area contributed by atoms with Gasteiger partial charge in [0.05, 0.1) is 24.2 Å². The first-order chi connectivity index (χ1) is 8.63. The summed E-state index contributed by atoms with van der Waals surface area (Å²) in [6, 6.07) is 3.60. The molecule has 2 rings (SSSR count). The minimum absolute atomic E-state index is 0.222. The number of nitrogen functional groups attached to an aromatic ring is 1. The number of H-pyrrole nitrogens is 1. The lowest BCUT2D eigenvalue weighted by Crippen LogP contribution is -2.27. The van der Waals surface area contributed by atoms with E-state index in [1.165, 1.54) is 4.90 Å². The van der Waals surface area contributed by atoms with Crippen molar-refractivity contribution in [1.82, 2.24) is 15.1 Å². The van der Waals surface area contributed by atoms with Crippen molar-refractivity contribution < 1.29 is 9.21 Å². The number of rotatable bonds is 4. The molecule has 0 fully saturated rings. The number of hydrogen-bond donors (Lipinski definition) is 2. The van der Waals surface area contributed by atoms with Crippen LogP contribution in [0.15, 0.2) is 22.8 Å². The topological polar surface area (TPSA) is 88.2 Å². The maximum absolute atomic E-state index is 12.1. The summed E-state index contributed by atoms with van der Waals surface area (Å²) < 4.78 is 5.19. The van der Waals surface area contributed by atoms with Crippen molar-refractivity contribution in [2.24, 2.45) is 0 Å². The highest BCUT2D eigenvalue weighted by Crippen LogP contribution is 2.17. The second kappa shape index (κ2) is 4.95. The fourth-order valence-electron chi connectivity index (χ4n) is 1.71. The number of nitrogens with two attached hydrogens (primary N) is 1. The predicted molar refractivity (Wildman–Crippen MR) is 66.9 cm³/mol. The van der Waals surface area contributed by atoms with Crippen LogP contribution in [-0.4, -0.2) is 28.1 Å². The largest absolute Gasteiger partial charge is 0.467 e. The first-order valence-corrected chi connectivity index (χ1v) is 5.74. The summed E-state index contributed by atoms with van der Waals surface area (Å²) in [4.78, 5) is 13.7. The molecule has 0 saturated carbocycles. The average Bonchev–Trinajstić information content (AvgIpc) is 2.97. The number of nitrogens with zero attached hydrogens (tertiary/aromatic N) is 2. The fraction of sp³-hybridized carbons (Fsp3) is 0.333. The predicted octanol–water partition coefficient (Wildman–Crippen LogP) is 1.42. The molecule has 0 saturated heterocycles. The van der Waals surface area contributed by atoms with Crippen molar-refractivity contribution in [1.29, 1.82) is 0 Å². The van der Waals surface area contributed by atoms with Gasteiger partial charge in [-0.15, -0.1) is 0 Å². The number of carbonyl (C=O) groups excluding carboxylic acids is 1. The molecular weight excluding hydrogens is 232 g/mol. The summed E-state index contributed by atoms with van der Waals surface area (Å²) in [5.74, 6) is 0.496. The van der Waals surface area contributed by atoms with Gasteiger partial charge in [-0.3, -0.25) is 9.89 Å². The fourth-order valence-corrected chi connectivity index (χ4v) is 1.71. The summed E-state index contributed by atoms with van der Waals surface area (Å²) in [6.45, 7) is 2.34. The van der Waals surface area contributed by atoms with E-state index in [4.69, 9.17) is 10.2 Å². The van der Waals surface area contributed by atoms with Crippen LogP contribution in [0.2, 0.25) is 0 Å². The lowest BCUT2D eigenvalue weighted by molar-refractivity contribution is 0.0770. The van der Waals surface area contributed by atoms with E-state index >= 15 is 0 Å². The maximum Gasteiger partial charge on any atom is 0.276 e. The second-order valence-corrected chi connectivity index (χ2v) is 4.06. The van der Waals surface area contributed by atoms with Crippen LogP contribution < -0.4 is 5.73 Å². The zero-order chi connectivity index (χ0) is 13.1. The molecule has 6 heteroatoms. The van der Waals surface area contributed by atoms with Crippen LogP contribution in [-0.2, 0) is 13.0 Å². The van der Waals surface area contributed by atoms with Gasteiger partial charge >= 0.3 is 0 Å². The molecule has 96 valence electrons. The molecule has 1 amide bonds. The van der Waals surface area contributed by atoms with Gasteiger partial charge in [-0.25, -0.2) is 0 Å². The highest BCUT2D eigenvalue weighted by Gasteiger charge is 2.20. The molecule has 0 aliphatic heterocycles. The van der Waals surface area contributed by atoms with E-state index < -0.39 is 0 Å². The van der Waals surface area contributed by atoms with Crippen molar-refractivity contribution in [3.63, 3.8) is 0 Å². The van der Waals surface area contributed by atoms with Crippen LogP contribution in [0.3, 0.4) is 0 Å². The zero-order valence-corrected chi connectivity index (χ0v) is 10.4. The lowest BCUT2D eigenvalue weighted by atomic mass is 10.2. The van der Waals surface area contributed by atoms with Gasteiger partial charge < -0.3 is 15.1 Å². The Morgan fingerprint density at radius 1 is 1.61 bits per heavy atom. The van der Waals surface area contributed by atoms with Gasteiger partial charge in [-0.2, -0.15) is 5.10 Å². The number of anilines is 1. The Labute approximate surface area is 105 Å². The summed E-state index contributed by atoms with van der Waals surface area (Å²) in [6.07, 6.45) is 2.29. The van der Waals surface area contributed by atoms with Gasteiger partial charge in [0.1, 0.15) is 5.76 Å². The Balaban J connectivity index is 2.13. The van der Waals surface area contributed by atoms with Gasteiger partial charge in [-0.05, 0) is 18.6 Å². The van der Waals surface area contributed by atoms with Crippen LogP contribution >= 0.6 is 0 Å². The highest BCUT2D eigenvalue weighted by molar-refractivity contribution is 5.97. The number of furan rings is 1. The average molecular weight is 248 g/mol. The molecule has 0 aromatic carbocycles. The van der Waals surface area contributed by atoms with E-state index in [0.29, 0.717) is 18.7 Å². The van der Waals surface area contributed by atoms with Crippen molar-refractivity contribution >= 4 is 11.6 Å². The molecule has 0 aliphatic rings. The molecule has 18 heavy (non-hydrogen) atoms. The monoisotopic (exact) mass is 248 g/mol. The number of aromatic nitrogens is 2. The maximum atomic E-state index is 12.1. The second-order valence-electron chi connectivity index (χ2n) is 4.06. The first kappa shape index (κ1) is 12.2. The van der Waals surface area contributed by atoms with Crippen LogP contribution in [0.5, 0.6) is 0 Å². The number of nitrogens with one attached hydrogen (secondary N) is 1. The molecule has 0 atom stereocenters. The van der Waals surface area contributed by atoms with Crippen molar-refractivity contribution in [3.8, 4) is 0 Å². The van der Waals surface area contributed by atoms with E-state index in [9.17, 15) is 4.79 Å². The van der Waals surface area contributed by atoms with E-state index in [0.717, 1.165) is 11.5 Å². The Morgan fingerprint density at radius 2 is 2.39 bits per heavy atom. The molecule has 3 N–H and O–H groups in total. The smallest absolute Gasteiger partial charge is 0.276 e. The van der Waals surface area contributed by atoms with Crippen LogP contribution in [0.25, 0.3) is 0 Å². The van der Waals surface area contributed by atoms with Crippen LogP contribution in [0.4, 0.5) is 5.69 Å². The van der Waals surface area contributed by atoms with E-state index in [1.807, 2.05) is 13.0 Å². The molecule has 0 bridgehead atoms. The normalized spacial score (nSPS) is 10.6. The molecule has 0 aliphatic carbocycles. The third-order valence-electron chi connectivity index (χ3n) is 2.76. The van der Waals surface area contributed by atoms with E-state index in [1.54, 1.807) is 19.4 Å². The zero-order valence-electron chi connectivity index (χ0n) is 10.4. The van der Waals surface area contributed by atoms with Crippen molar-refractivity contribution in [3.05, 3.63) is 35.5 Å². The third-order valence-corrected chi connectivity index (χ3v) is 2.76. The molecule has 0 unspecified atom stereocenters. The Hall–Kier alpha value is -2.24. The quantitative estimate of drug-likeness (QED) is 0.856. The van der Waals surface area contributed by atoms with E-state index in [-0.39, 0.29) is 11.6 Å². The Kier molecular flexibility index (Phi) is 3.36. The molecule has 2 aromatic heterocycles. The summed E-state index contributed by atoms with van der Waals surface area (Å²) in [5, 5.41) is 6.74. The van der Waals surface area contributed by atoms with Gasteiger partial charge in [0, 0.05) is 7.05 Å². The summed E-state index contributed by atoms with van der Waals surface area (Å²) >= 11 is 0. The molecule has 6 nitrogen and oxygen atoms in total. The first-order valence-electron chi connectivity index (χ1n) is 5.74. The number of carbonyl (C=O) groups is 1. The van der Waals surface area contributed by atoms with Gasteiger partial charge in [0.2, 0.25) is 0 Å². The number of amides is 1. The van der Waals surface area contributed by atoms with Gasteiger partial charge in [0.25, 0.3) is 5.91 Å². The van der Waals surface area contributed by atoms with Crippen molar-refractivity contribution in [2.75, 3.05) is 12.8 Å². The SMILES string of the molecule is CCc1[nH]nc(C(=O)N(C)Cc2ccco2)c1N. The molecular formula is C12H16N4O2. The highest BCUT2D eigenvalue weighted by atomic mass is 16.3. The molecule has 0 spiro atoms. The van der Waals surface area contributed by atoms with E-state index in [2.05, 4.69) is 10.2 Å². The van der Waals surface area contributed by atoms with Crippen molar-refractivity contribution in [2.45, 2.75) is 19.9 Å². The van der Waals surface area contributed by atoms with Gasteiger partial charge in [-0.1, -0.05) is 6.92 Å². The number of aryl methyl sites for hydroxylation is 1. The molecule has 2 aromatic rings. The summed E-state index contributed by atoms with van der Waals surface area (Å²) in [7, 11) is 1.69. The Morgan fingerprint density at radius 3 is 2.94 bits per heavy atom. The summed E-state index contributed by atoms with van der Waals surface area (Å²) in [5.41, 5.74) is 7.33. The lowest BCUT2D eigenvalue weighted by Gasteiger charge is -2.14. The number of aromatic amines is 1. The standard InChI is InChI=1S/C12H16N4O2/c1-3-9-10(13)11(15-14-9)12(17)16(2)7-8-5-4-6-18-8/h4-6H,3,7,13H2,1-2H3,(H,14,15). The molecule has 2 heterocycles. The van der Waals surface area contributed by atoms with Crippen LogP contribution in [0, 0.1) is 0 Å².